The first-order valence-electron chi connectivity index (χ1n) is 8.99. The summed E-state index contributed by atoms with van der Waals surface area (Å²) in [6.45, 7) is 1.99. The first-order chi connectivity index (χ1) is 12.2. The van der Waals surface area contributed by atoms with E-state index in [0.29, 0.717) is 0 Å². The molecule has 0 saturated carbocycles. The molecule has 0 radical (unpaired) electrons. The molecule has 0 fully saturated rings. The van der Waals surface area contributed by atoms with Crippen molar-refractivity contribution < 1.29 is 4.40 Å². The van der Waals surface area contributed by atoms with Crippen LogP contribution in [0.4, 0.5) is 5.82 Å². The minimum absolute atomic E-state index is 0.808. The highest BCUT2D eigenvalue weighted by Gasteiger charge is 2.29. The minimum atomic E-state index is 0.808. The van der Waals surface area contributed by atoms with Gasteiger partial charge in [0.1, 0.15) is 22.7 Å². The largest absolute Gasteiger partial charge is 0.309 e. The molecule has 2 N–H and O–H groups in total. The fourth-order valence-corrected chi connectivity index (χ4v) is 3.95. The van der Waals surface area contributed by atoms with E-state index in [-0.39, 0.29) is 0 Å². The summed E-state index contributed by atoms with van der Waals surface area (Å²) in [5, 5.41) is 13.5. The number of hydrogen-bond donors (Lipinski definition) is 2. The summed E-state index contributed by atoms with van der Waals surface area (Å²) in [4.78, 5) is 5.68. The lowest BCUT2D eigenvalue weighted by atomic mass is 10.1. The van der Waals surface area contributed by atoms with Crippen LogP contribution in [0.15, 0.2) is 24.3 Å². The normalized spacial score (nSPS) is 13.5. The van der Waals surface area contributed by atoms with E-state index in [0.717, 1.165) is 66.8 Å². The molecule has 0 amide bonds. The van der Waals surface area contributed by atoms with Crippen LogP contribution < -0.4 is 9.72 Å². The molecule has 0 bridgehead atoms. The molecule has 1 aliphatic carbocycles. The molecule has 1 aromatic carbocycles. The van der Waals surface area contributed by atoms with E-state index < -0.39 is 0 Å². The van der Waals surface area contributed by atoms with Crippen LogP contribution in [0.1, 0.15) is 29.5 Å². The number of benzene rings is 1. The van der Waals surface area contributed by atoms with Crippen LogP contribution in [0.5, 0.6) is 0 Å². The Morgan fingerprint density at radius 3 is 2.84 bits per heavy atom. The van der Waals surface area contributed by atoms with E-state index in [4.69, 9.17) is 0 Å². The Bertz CT molecular complexity index is 977. The molecular weight excluding hydrogens is 310 g/mol. The number of fused-ring (bicyclic) bond motifs is 4. The smallest absolute Gasteiger partial charge is 0.250 e. The van der Waals surface area contributed by atoms with Crippen molar-refractivity contribution in [3.8, 4) is 6.07 Å². The van der Waals surface area contributed by atoms with Crippen molar-refractivity contribution in [3.63, 3.8) is 0 Å². The van der Waals surface area contributed by atoms with Gasteiger partial charge in [-0.1, -0.05) is 12.1 Å². The summed E-state index contributed by atoms with van der Waals surface area (Å²) in [6, 6.07) is 10.7. The number of aromatic amines is 1. The van der Waals surface area contributed by atoms with Crippen molar-refractivity contribution in [2.24, 2.45) is 0 Å². The lowest BCUT2D eigenvalue weighted by Gasteiger charge is -2.12. The van der Waals surface area contributed by atoms with E-state index in [1.807, 2.05) is 6.07 Å². The fourth-order valence-electron chi connectivity index (χ4n) is 3.95. The van der Waals surface area contributed by atoms with E-state index in [9.17, 15) is 5.26 Å². The quantitative estimate of drug-likeness (QED) is 0.557. The third-order valence-electron chi connectivity index (χ3n) is 5.07. The van der Waals surface area contributed by atoms with E-state index in [1.54, 1.807) is 0 Å². The molecule has 0 unspecified atom stereocenters. The van der Waals surface area contributed by atoms with Crippen molar-refractivity contribution in [3.05, 3.63) is 41.0 Å². The van der Waals surface area contributed by atoms with Gasteiger partial charge in [0.15, 0.2) is 0 Å². The molecular formula is C20H24N5+. The van der Waals surface area contributed by atoms with E-state index >= 15 is 0 Å². The molecule has 0 atom stereocenters. The predicted octanol–water partition coefficient (Wildman–Crippen LogP) is 2.63. The average molecular weight is 334 g/mol. The highest BCUT2D eigenvalue weighted by atomic mass is 15.1. The number of aromatic nitrogens is 2. The Morgan fingerprint density at radius 1 is 1.24 bits per heavy atom. The predicted molar refractivity (Wildman–Crippen MR) is 99.9 cm³/mol. The molecule has 128 valence electrons. The SMILES string of the molecule is CN(C)CCCNc1c2c(c(C#N)c3[nH]c4ccccc4[n+]13)CCC2. The molecule has 0 aliphatic heterocycles. The van der Waals surface area contributed by atoms with Gasteiger partial charge in [-0.25, -0.2) is 0 Å². The van der Waals surface area contributed by atoms with Crippen LogP contribution in [0.2, 0.25) is 0 Å². The summed E-state index contributed by atoms with van der Waals surface area (Å²) in [5.74, 6) is 1.16. The van der Waals surface area contributed by atoms with Crippen molar-refractivity contribution in [2.45, 2.75) is 25.7 Å². The zero-order chi connectivity index (χ0) is 17.4. The zero-order valence-electron chi connectivity index (χ0n) is 14.9. The molecule has 25 heavy (non-hydrogen) atoms. The maximum Gasteiger partial charge on any atom is 0.250 e. The highest BCUT2D eigenvalue weighted by molar-refractivity contribution is 5.78. The molecule has 2 heterocycles. The first-order valence-corrected chi connectivity index (χ1v) is 8.99. The average Bonchev–Trinajstić information content (AvgIpc) is 3.22. The summed E-state index contributed by atoms with van der Waals surface area (Å²) in [6.07, 6.45) is 4.26. The second kappa shape index (κ2) is 6.38. The van der Waals surface area contributed by atoms with Gasteiger partial charge >= 0.3 is 0 Å². The van der Waals surface area contributed by atoms with Gasteiger partial charge in [0.05, 0.1) is 6.54 Å². The molecule has 5 heteroatoms. The van der Waals surface area contributed by atoms with Crippen LogP contribution in [-0.4, -0.2) is 37.1 Å². The number of imidazole rings is 1. The third kappa shape index (κ3) is 2.63. The Kier molecular flexibility index (Phi) is 4.06. The fraction of sp³-hybridized carbons (Fsp3) is 0.400. The molecule has 5 nitrogen and oxygen atoms in total. The van der Waals surface area contributed by atoms with Gasteiger partial charge in [-0.3, -0.25) is 4.98 Å². The van der Waals surface area contributed by atoms with Gasteiger partial charge in [-0.05, 0) is 57.5 Å². The Hall–Kier alpha value is -2.58. The van der Waals surface area contributed by atoms with Crippen LogP contribution in [0.3, 0.4) is 0 Å². The number of nitrogens with one attached hydrogen (secondary N) is 2. The molecule has 1 aliphatic rings. The van der Waals surface area contributed by atoms with E-state index in [1.165, 1.54) is 11.1 Å². The number of pyridine rings is 1. The minimum Gasteiger partial charge on any atom is -0.309 e. The van der Waals surface area contributed by atoms with E-state index in [2.05, 4.69) is 58.0 Å². The second-order valence-corrected chi connectivity index (χ2v) is 7.06. The lowest BCUT2D eigenvalue weighted by molar-refractivity contribution is -0.465. The highest BCUT2D eigenvalue weighted by Crippen LogP contribution is 2.32. The second-order valence-electron chi connectivity index (χ2n) is 7.06. The van der Waals surface area contributed by atoms with Gasteiger partial charge < -0.3 is 10.2 Å². The topological polar surface area (TPSA) is 59.0 Å². The van der Waals surface area contributed by atoms with Crippen molar-refractivity contribution in [2.75, 3.05) is 32.5 Å². The van der Waals surface area contributed by atoms with Crippen molar-refractivity contribution in [1.29, 1.82) is 5.26 Å². The Labute approximate surface area is 147 Å². The molecule has 4 rings (SSSR count). The number of anilines is 1. The standard InChI is InChI=1S/C20H23N5/c1-24(2)12-6-11-22-19-15-8-5-7-14(15)16(13-21)20-23-17-9-3-4-10-18(17)25(19)20/h3-4,9-10H,5-8,11-12H2,1-2H3,(H,22,23)/p+1. The molecule has 0 saturated heterocycles. The van der Waals surface area contributed by atoms with Gasteiger partial charge in [-0.15, -0.1) is 0 Å². The molecule has 0 spiro atoms. The summed E-state index contributed by atoms with van der Waals surface area (Å²) in [7, 11) is 4.21. The number of H-pyrrole nitrogens is 1. The van der Waals surface area contributed by atoms with Gasteiger partial charge in [0.25, 0.3) is 0 Å². The maximum absolute atomic E-state index is 9.78. The van der Waals surface area contributed by atoms with Crippen LogP contribution in [0, 0.1) is 11.3 Å². The number of nitriles is 1. The number of hydrogen-bond acceptors (Lipinski definition) is 3. The Morgan fingerprint density at radius 2 is 2.04 bits per heavy atom. The third-order valence-corrected chi connectivity index (χ3v) is 5.07. The first kappa shape index (κ1) is 15.9. The number of rotatable bonds is 5. The van der Waals surface area contributed by atoms with Crippen molar-refractivity contribution >= 4 is 22.5 Å². The summed E-state index contributed by atoms with van der Waals surface area (Å²) < 4.78 is 2.22. The molecule has 3 aromatic rings. The maximum atomic E-state index is 9.78. The Balaban J connectivity index is 1.89. The number of nitrogens with zero attached hydrogens (tertiary/aromatic N) is 3. The molecule has 2 aromatic heterocycles. The monoisotopic (exact) mass is 334 g/mol. The zero-order valence-corrected chi connectivity index (χ0v) is 14.9. The lowest BCUT2D eigenvalue weighted by Crippen LogP contribution is -2.30. The van der Waals surface area contributed by atoms with Gasteiger partial charge in [0.2, 0.25) is 11.5 Å². The van der Waals surface area contributed by atoms with Crippen LogP contribution >= 0.6 is 0 Å². The van der Waals surface area contributed by atoms with Crippen molar-refractivity contribution in [1.82, 2.24) is 9.88 Å². The van der Waals surface area contributed by atoms with Gasteiger partial charge in [0, 0.05) is 12.1 Å². The number of para-hydroxylation sites is 2. The summed E-state index contributed by atoms with van der Waals surface area (Å²) >= 11 is 0. The van der Waals surface area contributed by atoms with Gasteiger partial charge in [-0.2, -0.15) is 9.66 Å². The summed E-state index contributed by atoms with van der Waals surface area (Å²) in [5.41, 5.74) is 6.47. The van der Waals surface area contributed by atoms with Crippen LogP contribution in [-0.2, 0) is 12.8 Å². The van der Waals surface area contributed by atoms with Crippen LogP contribution in [0.25, 0.3) is 16.7 Å².